The molecule has 2 bridgehead atoms. The van der Waals surface area contributed by atoms with Crippen LogP contribution in [-0.4, -0.2) is 39.2 Å². The molecule has 0 aromatic carbocycles. The molecule has 6 heteroatoms. The van der Waals surface area contributed by atoms with E-state index < -0.39 is 0 Å². The standard InChI is InChI=1S/C27H46O6.2C2H6/c1-6-26(14-8-11-23(29)32-4)17-21-16-25(2,13-7-10-22(28)31-3)19-27(18-21,20-26)15-9-12-24(30)33-5;2*1-2/h21H,6-20H2,1-5H3;2*1-2H3. The van der Waals surface area contributed by atoms with Gasteiger partial charge in [-0.2, -0.15) is 0 Å². The number of carbonyl (C=O) groups is 3. The number of hydrogen-bond acceptors (Lipinski definition) is 6. The molecule has 6 nitrogen and oxygen atoms in total. The van der Waals surface area contributed by atoms with Crippen LogP contribution in [0.2, 0.25) is 0 Å². The van der Waals surface area contributed by atoms with Gasteiger partial charge in [0.25, 0.3) is 0 Å². The highest BCUT2D eigenvalue weighted by Crippen LogP contribution is 2.65. The van der Waals surface area contributed by atoms with E-state index in [-0.39, 0.29) is 34.2 Å². The number of methoxy groups -OCH3 is 3. The van der Waals surface area contributed by atoms with Gasteiger partial charge in [0.2, 0.25) is 0 Å². The molecule has 0 amide bonds. The first-order chi connectivity index (χ1) is 17.6. The third-order valence-electron chi connectivity index (χ3n) is 8.55. The van der Waals surface area contributed by atoms with E-state index in [0.717, 1.165) is 51.4 Å². The van der Waals surface area contributed by atoms with Crippen LogP contribution < -0.4 is 0 Å². The van der Waals surface area contributed by atoms with Crippen molar-refractivity contribution in [2.75, 3.05) is 21.3 Å². The zero-order chi connectivity index (χ0) is 28.5. The lowest BCUT2D eigenvalue weighted by atomic mass is 9.46. The Labute approximate surface area is 228 Å². The Bertz CT molecular complexity index is 675. The summed E-state index contributed by atoms with van der Waals surface area (Å²) in [4.78, 5) is 35.1. The highest BCUT2D eigenvalue weighted by Gasteiger charge is 2.53. The predicted molar refractivity (Wildman–Crippen MR) is 150 cm³/mol. The van der Waals surface area contributed by atoms with Crippen molar-refractivity contribution in [3.63, 3.8) is 0 Å². The van der Waals surface area contributed by atoms with Crippen LogP contribution in [0, 0.1) is 22.2 Å². The van der Waals surface area contributed by atoms with Crippen LogP contribution in [0.15, 0.2) is 0 Å². The second-order valence-corrected chi connectivity index (χ2v) is 11.3. The molecule has 0 heterocycles. The summed E-state index contributed by atoms with van der Waals surface area (Å²) in [6.07, 6.45) is 14.3. The number of esters is 3. The van der Waals surface area contributed by atoms with Crippen LogP contribution in [-0.2, 0) is 28.6 Å². The van der Waals surface area contributed by atoms with Crippen molar-refractivity contribution in [1.82, 2.24) is 0 Å². The summed E-state index contributed by atoms with van der Waals surface area (Å²) < 4.78 is 14.6. The quantitative estimate of drug-likeness (QED) is 0.178. The molecule has 4 unspecified atom stereocenters. The van der Waals surface area contributed by atoms with Gasteiger partial charge in [-0.15, -0.1) is 0 Å². The van der Waals surface area contributed by atoms with Gasteiger partial charge in [0.15, 0.2) is 0 Å². The third kappa shape index (κ3) is 11.8. The number of fused-ring (bicyclic) bond motifs is 2. The lowest BCUT2D eigenvalue weighted by Gasteiger charge is -2.59. The van der Waals surface area contributed by atoms with E-state index in [1.807, 2.05) is 27.7 Å². The molecule has 2 fully saturated rings. The van der Waals surface area contributed by atoms with E-state index in [0.29, 0.717) is 25.2 Å². The van der Waals surface area contributed by atoms with Crippen LogP contribution in [0.25, 0.3) is 0 Å². The molecule has 4 atom stereocenters. The molecule has 2 aliphatic rings. The minimum atomic E-state index is -0.129. The van der Waals surface area contributed by atoms with Crippen LogP contribution in [0.4, 0.5) is 0 Å². The normalized spacial score (nSPS) is 28.0. The number of ether oxygens (including phenoxy) is 3. The average molecular weight is 527 g/mol. The summed E-state index contributed by atoms with van der Waals surface area (Å²) in [7, 11) is 4.37. The van der Waals surface area contributed by atoms with Crippen LogP contribution in [0.1, 0.15) is 138 Å². The molecule has 2 rings (SSSR count). The number of hydrogen-bond donors (Lipinski definition) is 0. The lowest BCUT2D eigenvalue weighted by Crippen LogP contribution is -2.48. The van der Waals surface area contributed by atoms with Crippen molar-refractivity contribution in [3.8, 4) is 0 Å². The Kier molecular flexibility index (Phi) is 17.1. The van der Waals surface area contributed by atoms with Gasteiger partial charge >= 0.3 is 17.9 Å². The highest BCUT2D eigenvalue weighted by atomic mass is 16.5. The fourth-order valence-electron chi connectivity index (χ4n) is 7.48. The third-order valence-corrected chi connectivity index (χ3v) is 8.55. The van der Waals surface area contributed by atoms with E-state index >= 15 is 0 Å². The molecule has 218 valence electrons. The van der Waals surface area contributed by atoms with Gasteiger partial charge < -0.3 is 14.2 Å². The summed E-state index contributed by atoms with van der Waals surface area (Å²) >= 11 is 0. The minimum absolute atomic E-state index is 0.122. The van der Waals surface area contributed by atoms with Crippen LogP contribution in [0.3, 0.4) is 0 Å². The summed E-state index contributed by atoms with van der Waals surface area (Å²) in [5.74, 6) is 0.281. The molecule has 2 aliphatic carbocycles. The van der Waals surface area contributed by atoms with Crippen LogP contribution in [0.5, 0.6) is 0 Å². The molecule has 0 aromatic rings. The van der Waals surface area contributed by atoms with E-state index in [9.17, 15) is 14.4 Å². The number of carbonyl (C=O) groups excluding carboxylic acids is 3. The molecular weight excluding hydrogens is 468 g/mol. The maximum absolute atomic E-state index is 11.8. The van der Waals surface area contributed by atoms with E-state index in [1.165, 1.54) is 47.0 Å². The molecular formula is C31H58O6. The highest BCUT2D eigenvalue weighted by molar-refractivity contribution is 5.69. The molecule has 37 heavy (non-hydrogen) atoms. The molecule has 0 N–H and O–H groups in total. The second-order valence-electron chi connectivity index (χ2n) is 11.3. The summed E-state index contributed by atoms with van der Waals surface area (Å²) in [6.45, 7) is 12.7. The van der Waals surface area contributed by atoms with Gasteiger partial charge in [0, 0.05) is 19.3 Å². The van der Waals surface area contributed by atoms with Gasteiger partial charge in [-0.05, 0) is 92.8 Å². The van der Waals surface area contributed by atoms with Crippen molar-refractivity contribution in [2.45, 2.75) is 138 Å². The largest absolute Gasteiger partial charge is 0.469 e. The lowest BCUT2D eigenvalue weighted by molar-refractivity contribution is -0.141. The van der Waals surface area contributed by atoms with E-state index in [1.54, 1.807) is 0 Å². The molecule has 0 aliphatic heterocycles. The fraction of sp³-hybridized carbons (Fsp3) is 0.903. The van der Waals surface area contributed by atoms with Gasteiger partial charge in [0.1, 0.15) is 0 Å². The van der Waals surface area contributed by atoms with Crippen LogP contribution >= 0.6 is 0 Å². The first-order valence-electron chi connectivity index (χ1n) is 14.8. The molecule has 0 radical (unpaired) electrons. The van der Waals surface area contributed by atoms with Crippen molar-refractivity contribution in [3.05, 3.63) is 0 Å². The Morgan fingerprint density at radius 1 is 0.676 bits per heavy atom. The van der Waals surface area contributed by atoms with Gasteiger partial charge in [-0.1, -0.05) is 48.0 Å². The molecule has 2 saturated carbocycles. The van der Waals surface area contributed by atoms with Crippen molar-refractivity contribution >= 4 is 17.9 Å². The van der Waals surface area contributed by atoms with Gasteiger partial charge in [-0.3, -0.25) is 14.4 Å². The smallest absolute Gasteiger partial charge is 0.305 e. The summed E-state index contributed by atoms with van der Waals surface area (Å²) in [6, 6.07) is 0. The molecule has 0 saturated heterocycles. The van der Waals surface area contributed by atoms with E-state index in [4.69, 9.17) is 14.2 Å². The Hall–Kier alpha value is -1.59. The zero-order valence-electron chi connectivity index (χ0n) is 25.6. The Morgan fingerprint density at radius 3 is 1.59 bits per heavy atom. The average Bonchev–Trinajstić information content (AvgIpc) is 2.89. The van der Waals surface area contributed by atoms with Gasteiger partial charge in [-0.25, -0.2) is 0 Å². The summed E-state index contributed by atoms with van der Waals surface area (Å²) in [5, 5.41) is 0. The van der Waals surface area contributed by atoms with Crippen molar-refractivity contribution < 1.29 is 28.6 Å². The number of rotatable bonds is 13. The SMILES string of the molecule is CC.CC.CCC1(CCCC(=O)OC)CC2CC(C)(CCCC(=O)OC)CC(CCCC(=O)OC)(C2)C1. The Balaban J connectivity index is 0.00000308. The molecule has 0 aromatic heterocycles. The van der Waals surface area contributed by atoms with Gasteiger partial charge in [0.05, 0.1) is 21.3 Å². The Morgan fingerprint density at radius 2 is 1.14 bits per heavy atom. The molecule has 0 spiro atoms. The zero-order valence-corrected chi connectivity index (χ0v) is 25.6. The maximum atomic E-state index is 11.8. The monoisotopic (exact) mass is 526 g/mol. The maximum Gasteiger partial charge on any atom is 0.305 e. The second kappa shape index (κ2) is 17.8. The predicted octanol–water partition coefficient (Wildman–Crippen LogP) is 8.05. The minimum Gasteiger partial charge on any atom is -0.469 e. The van der Waals surface area contributed by atoms with Crippen molar-refractivity contribution in [1.29, 1.82) is 0 Å². The topological polar surface area (TPSA) is 78.9 Å². The first kappa shape index (κ1) is 35.4. The first-order valence-corrected chi connectivity index (χ1v) is 14.8. The summed E-state index contributed by atoms with van der Waals surface area (Å²) in [5.41, 5.74) is 0.695. The fourth-order valence-corrected chi connectivity index (χ4v) is 7.48. The van der Waals surface area contributed by atoms with Crippen molar-refractivity contribution in [2.24, 2.45) is 22.2 Å². The van der Waals surface area contributed by atoms with E-state index in [2.05, 4.69) is 13.8 Å².